The number of hydrogen-bond donors (Lipinski definition) is 0. The first-order chi connectivity index (χ1) is 15.1. The molecule has 1 aromatic carbocycles. The lowest BCUT2D eigenvalue weighted by molar-refractivity contribution is -0.136. The van der Waals surface area contributed by atoms with Gasteiger partial charge in [0.1, 0.15) is 6.26 Å². The summed E-state index contributed by atoms with van der Waals surface area (Å²) in [6, 6.07) is 9.38. The lowest BCUT2D eigenvalue weighted by Crippen LogP contribution is -2.42. The minimum Gasteiger partial charge on any atom is -0.472 e. The summed E-state index contributed by atoms with van der Waals surface area (Å²) in [6.45, 7) is 1.66. The van der Waals surface area contributed by atoms with E-state index in [-0.39, 0.29) is 30.1 Å². The number of furan rings is 1. The second kappa shape index (κ2) is 8.30. The van der Waals surface area contributed by atoms with Crippen molar-refractivity contribution in [1.29, 1.82) is 0 Å². The average Bonchev–Trinajstić information content (AvgIpc) is 3.54. The number of carbonyl (C=O) groups excluding carboxylic acids is 2. The van der Waals surface area contributed by atoms with E-state index in [2.05, 4.69) is 26.1 Å². The van der Waals surface area contributed by atoms with Gasteiger partial charge in [-0.1, -0.05) is 22.0 Å². The molecule has 0 saturated carbocycles. The van der Waals surface area contributed by atoms with E-state index >= 15 is 0 Å². The van der Waals surface area contributed by atoms with Gasteiger partial charge in [0.25, 0.3) is 5.89 Å². The first-order valence-corrected chi connectivity index (χ1v) is 11.1. The number of nitrogens with zero attached hydrogens (tertiary/aromatic N) is 4. The Hall–Kier alpha value is -2.94. The zero-order chi connectivity index (χ0) is 21.4. The van der Waals surface area contributed by atoms with Crippen LogP contribution in [0.4, 0.5) is 5.69 Å². The molecule has 0 radical (unpaired) electrons. The number of likely N-dealkylation sites (tertiary alicyclic amines) is 1. The minimum absolute atomic E-state index is 0.0102. The maximum absolute atomic E-state index is 13.1. The molecule has 2 aliphatic heterocycles. The van der Waals surface area contributed by atoms with Gasteiger partial charge in [-0.05, 0) is 37.1 Å². The number of anilines is 1. The summed E-state index contributed by atoms with van der Waals surface area (Å²) >= 11 is 3.44. The lowest BCUT2D eigenvalue weighted by Gasteiger charge is -2.32. The monoisotopic (exact) mass is 484 g/mol. The molecule has 4 heterocycles. The van der Waals surface area contributed by atoms with Gasteiger partial charge < -0.3 is 18.6 Å². The fourth-order valence-electron chi connectivity index (χ4n) is 4.27. The number of benzene rings is 1. The van der Waals surface area contributed by atoms with Crippen molar-refractivity contribution in [2.75, 3.05) is 24.5 Å². The fraction of sp³-hybridized carbons (Fsp3) is 0.364. The number of rotatable bonds is 4. The standard InChI is InChI=1S/C22H21BrN4O4/c23-17-2-1-3-18(11-17)27-12-16(10-19(27)28)22(29)26-7-4-14(5-8-26)20-24-25-21(31-20)15-6-9-30-13-15/h1-3,6,9,11,13-14,16H,4-5,7-8,10,12H2. The number of halogens is 1. The van der Waals surface area contributed by atoms with Crippen molar-refractivity contribution >= 4 is 33.4 Å². The van der Waals surface area contributed by atoms with Gasteiger partial charge in [-0.3, -0.25) is 9.59 Å². The summed E-state index contributed by atoms with van der Waals surface area (Å²) in [5.74, 6) is 0.900. The van der Waals surface area contributed by atoms with E-state index in [1.807, 2.05) is 29.2 Å². The quantitative estimate of drug-likeness (QED) is 0.558. The van der Waals surface area contributed by atoms with E-state index in [9.17, 15) is 9.59 Å². The summed E-state index contributed by atoms with van der Waals surface area (Å²) in [4.78, 5) is 29.2. The van der Waals surface area contributed by atoms with Crippen molar-refractivity contribution in [3.05, 3.63) is 53.2 Å². The molecule has 0 N–H and O–H groups in total. The van der Waals surface area contributed by atoms with Gasteiger partial charge in [-0.2, -0.15) is 0 Å². The van der Waals surface area contributed by atoms with Gasteiger partial charge in [-0.25, -0.2) is 0 Å². The number of piperidine rings is 1. The number of amides is 2. The van der Waals surface area contributed by atoms with E-state index in [0.717, 1.165) is 28.6 Å². The zero-order valence-electron chi connectivity index (χ0n) is 16.7. The molecule has 2 saturated heterocycles. The van der Waals surface area contributed by atoms with Crippen LogP contribution < -0.4 is 4.90 Å². The molecule has 3 aromatic rings. The molecule has 8 nitrogen and oxygen atoms in total. The van der Waals surface area contributed by atoms with Crippen LogP contribution in [-0.4, -0.2) is 46.5 Å². The van der Waals surface area contributed by atoms with Crippen LogP contribution in [0.2, 0.25) is 0 Å². The normalized spacial score (nSPS) is 19.9. The Bertz CT molecular complexity index is 1090. The van der Waals surface area contributed by atoms with E-state index in [0.29, 0.717) is 31.4 Å². The molecule has 1 atom stereocenters. The molecule has 2 aliphatic rings. The van der Waals surface area contributed by atoms with Gasteiger partial charge in [-0.15, -0.1) is 10.2 Å². The topological polar surface area (TPSA) is 92.7 Å². The van der Waals surface area contributed by atoms with Gasteiger partial charge >= 0.3 is 0 Å². The smallest absolute Gasteiger partial charge is 0.250 e. The average molecular weight is 485 g/mol. The lowest BCUT2D eigenvalue weighted by atomic mass is 9.95. The van der Waals surface area contributed by atoms with Crippen molar-refractivity contribution in [3.63, 3.8) is 0 Å². The third-order valence-corrected chi connectivity index (χ3v) is 6.45. The SMILES string of the molecule is O=C(C1CC(=O)N(c2cccc(Br)c2)C1)N1CCC(c2nnc(-c3ccoc3)o2)CC1. The van der Waals surface area contributed by atoms with Gasteiger partial charge in [0, 0.05) is 42.1 Å². The van der Waals surface area contributed by atoms with Crippen LogP contribution in [0.3, 0.4) is 0 Å². The highest BCUT2D eigenvalue weighted by Gasteiger charge is 2.38. The molecule has 0 aliphatic carbocycles. The number of hydrogen-bond acceptors (Lipinski definition) is 6. The summed E-state index contributed by atoms with van der Waals surface area (Å²) in [7, 11) is 0. The first kappa shape index (κ1) is 20.0. The molecule has 0 bridgehead atoms. The van der Waals surface area contributed by atoms with Gasteiger partial charge in [0.15, 0.2) is 0 Å². The van der Waals surface area contributed by atoms with Crippen LogP contribution in [0, 0.1) is 5.92 Å². The molecule has 1 unspecified atom stereocenters. The molecule has 160 valence electrons. The van der Waals surface area contributed by atoms with Crippen molar-refractivity contribution in [1.82, 2.24) is 15.1 Å². The molecule has 2 fully saturated rings. The highest BCUT2D eigenvalue weighted by molar-refractivity contribution is 9.10. The Balaban J connectivity index is 1.19. The Morgan fingerprint density at radius 3 is 2.74 bits per heavy atom. The molecule has 31 heavy (non-hydrogen) atoms. The molecule has 5 rings (SSSR count). The minimum atomic E-state index is -0.306. The number of carbonyl (C=O) groups is 2. The second-order valence-corrected chi connectivity index (χ2v) is 8.86. The largest absolute Gasteiger partial charge is 0.472 e. The predicted molar refractivity (Wildman–Crippen MR) is 115 cm³/mol. The van der Waals surface area contributed by atoms with Crippen molar-refractivity contribution in [3.8, 4) is 11.5 Å². The molecule has 2 aromatic heterocycles. The van der Waals surface area contributed by atoms with Crippen molar-refractivity contribution in [2.24, 2.45) is 5.92 Å². The zero-order valence-corrected chi connectivity index (χ0v) is 18.3. The molecule has 9 heteroatoms. The predicted octanol–water partition coefficient (Wildman–Crippen LogP) is 3.85. The summed E-state index contributed by atoms with van der Waals surface area (Å²) in [5.41, 5.74) is 1.57. The van der Waals surface area contributed by atoms with E-state index < -0.39 is 0 Å². The van der Waals surface area contributed by atoms with E-state index in [4.69, 9.17) is 8.83 Å². The van der Waals surface area contributed by atoms with Crippen LogP contribution in [0.5, 0.6) is 0 Å². The van der Waals surface area contributed by atoms with E-state index in [1.165, 1.54) is 0 Å². The van der Waals surface area contributed by atoms with Crippen LogP contribution in [0.15, 0.2) is 56.2 Å². The van der Waals surface area contributed by atoms with Crippen molar-refractivity contribution < 1.29 is 18.4 Å². The van der Waals surface area contributed by atoms with Crippen molar-refractivity contribution in [2.45, 2.75) is 25.2 Å². The fourth-order valence-corrected chi connectivity index (χ4v) is 4.66. The highest BCUT2D eigenvalue weighted by Crippen LogP contribution is 2.32. The Morgan fingerprint density at radius 1 is 1.16 bits per heavy atom. The second-order valence-electron chi connectivity index (χ2n) is 7.94. The summed E-state index contributed by atoms with van der Waals surface area (Å²) in [5, 5.41) is 8.29. The van der Waals surface area contributed by atoms with Crippen LogP contribution in [-0.2, 0) is 9.59 Å². The van der Waals surface area contributed by atoms with E-state index in [1.54, 1.807) is 23.5 Å². The van der Waals surface area contributed by atoms with Crippen LogP contribution in [0.25, 0.3) is 11.5 Å². The Kier molecular flexibility index (Phi) is 5.35. The molecular formula is C22H21BrN4O4. The third-order valence-electron chi connectivity index (χ3n) is 5.96. The molecule has 2 amide bonds. The maximum Gasteiger partial charge on any atom is 0.250 e. The summed E-state index contributed by atoms with van der Waals surface area (Å²) < 4.78 is 11.8. The Morgan fingerprint density at radius 2 is 2.00 bits per heavy atom. The first-order valence-electron chi connectivity index (χ1n) is 10.3. The summed E-state index contributed by atoms with van der Waals surface area (Å²) in [6.07, 6.45) is 4.90. The van der Waals surface area contributed by atoms with Gasteiger partial charge in [0.2, 0.25) is 17.7 Å². The van der Waals surface area contributed by atoms with Crippen LogP contribution >= 0.6 is 15.9 Å². The number of aromatic nitrogens is 2. The Labute approximate surface area is 187 Å². The van der Waals surface area contributed by atoms with Gasteiger partial charge in [0.05, 0.1) is 17.7 Å². The molecular weight excluding hydrogens is 464 g/mol. The maximum atomic E-state index is 13.1. The third kappa shape index (κ3) is 4.01. The highest BCUT2D eigenvalue weighted by atomic mass is 79.9. The molecule has 0 spiro atoms. The van der Waals surface area contributed by atoms with Crippen LogP contribution in [0.1, 0.15) is 31.1 Å².